The molecule has 18 heavy (non-hydrogen) atoms. The average molecular weight is 250 g/mol. The number of hydrogen-bond donors (Lipinski definition) is 2. The van der Waals surface area contributed by atoms with Crippen molar-refractivity contribution in [1.29, 1.82) is 0 Å². The Balaban J connectivity index is 2.15. The predicted molar refractivity (Wildman–Crippen MR) is 71.2 cm³/mol. The second-order valence-electron chi connectivity index (χ2n) is 5.13. The molecule has 100 valence electrons. The van der Waals surface area contributed by atoms with E-state index < -0.39 is 0 Å². The smallest absolute Gasteiger partial charge is 0.124 e. The van der Waals surface area contributed by atoms with Crippen molar-refractivity contribution in [2.45, 2.75) is 25.8 Å². The fourth-order valence-corrected chi connectivity index (χ4v) is 2.24. The molecule has 3 N–H and O–H groups in total. The Hall–Kier alpha value is -1.10. The van der Waals surface area contributed by atoms with Crippen molar-refractivity contribution < 1.29 is 9.47 Å². The Bertz CT molecular complexity index is 391. The zero-order valence-electron chi connectivity index (χ0n) is 11.1. The molecule has 1 unspecified atom stereocenters. The Morgan fingerprint density at radius 3 is 2.67 bits per heavy atom. The topological polar surface area (TPSA) is 56.5 Å². The molecule has 0 heterocycles. The third kappa shape index (κ3) is 2.83. The molecule has 0 bridgehead atoms. The van der Waals surface area contributed by atoms with Gasteiger partial charge >= 0.3 is 0 Å². The summed E-state index contributed by atoms with van der Waals surface area (Å²) in [5.41, 5.74) is 4.34. The molecule has 0 amide bonds. The summed E-state index contributed by atoms with van der Waals surface area (Å²) in [5, 5.41) is 0. The average Bonchev–Trinajstić information content (AvgIpc) is 3.11. The fraction of sp³-hybridized carbons (Fsp3) is 0.571. The SMILES string of the molecule is COCCOc1ccccc1C(NN)C1(C)CC1. The zero-order valence-corrected chi connectivity index (χ0v) is 11.1. The Kier molecular flexibility index (Phi) is 4.22. The summed E-state index contributed by atoms with van der Waals surface area (Å²) in [6.07, 6.45) is 2.41. The van der Waals surface area contributed by atoms with Crippen molar-refractivity contribution >= 4 is 0 Å². The van der Waals surface area contributed by atoms with Crippen LogP contribution in [0.5, 0.6) is 5.75 Å². The summed E-state index contributed by atoms with van der Waals surface area (Å²) in [7, 11) is 1.67. The number of ether oxygens (including phenoxy) is 2. The van der Waals surface area contributed by atoms with Crippen LogP contribution in [0.15, 0.2) is 24.3 Å². The molecule has 4 nitrogen and oxygen atoms in total. The van der Waals surface area contributed by atoms with Crippen molar-refractivity contribution in [2.75, 3.05) is 20.3 Å². The molecule has 1 aliphatic rings. The van der Waals surface area contributed by atoms with Gasteiger partial charge in [0, 0.05) is 12.7 Å². The summed E-state index contributed by atoms with van der Waals surface area (Å²) < 4.78 is 10.8. The van der Waals surface area contributed by atoms with Crippen molar-refractivity contribution in [1.82, 2.24) is 5.43 Å². The van der Waals surface area contributed by atoms with Gasteiger partial charge in [-0.3, -0.25) is 11.3 Å². The number of para-hydroxylation sites is 1. The lowest BCUT2D eigenvalue weighted by Crippen LogP contribution is -2.33. The van der Waals surface area contributed by atoms with Crippen LogP contribution in [0.3, 0.4) is 0 Å². The van der Waals surface area contributed by atoms with E-state index in [0.717, 1.165) is 11.3 Å². The molecule has 0 aromatic heterocycles. The number of nitrogens with one attached hydrogen (secondary N) is 1. The van der Waals surface area contributed by atoms with Gasteiger partial charge in [0.25, 0.3) is 0 Å². The largest absolute Gasteiger partial charge is 0.491 e. The third-order valence-electron chi connectivity index (χ3n) is 3.68. The molecular formula is C14H22N2O2. The summed E-state index contributed by atoms with van der Waals surface area (Å²) in [5.74, 6) is 6.62. The summed E-state index contributed by atoms with van der Waals surface area (Å²) in [4.78, 5) is 0. The first-order valence-corrected chi connectivity index (χ1v) is 6.38. The minimum atomic E-state index is 0.149. The molecule has 1 aromatic rings. The van der Waals surface area contributed by atoms with Gasteiger partial charge in [-0.15, -0.1) is 0 Å². The Morgan fingerprint density at radius 1 is 1.33 bits per heavy atom. The molecule has 1 aromatic carbocycles. The van der Waals surface area contributed by atoms with Crippen LogP contribution in [0.1, 0.15) is 31.4 Å². The summed E-state index contributed by atoms with van der Waals surface area (Å²) in [6.45, 7) is 3.40. The Labute approximate surface area is 108 Å². The maximum Gasteiger partial charge on any atom is 0.124 e. The van der Waals surface area contributed by atoms with E-state index in [9.17, 15) is 0 Å². The number of rotatable bonds is 7. The van der Waals surface area contributed by atoms with Gasteiger partial charge in [0.2, 0.25) is 0 Å². The van der Waals surface area contributed by atoms with E-state index in [4.69, 9.17) is 15.3 Å². The van der Waals surface area contributed by atoms with Crippen LogP contribution in [0.25, 0.3) is 0 Å². The quantitative estimate of drug-likeness (QED) is 0.441. The highest BCUT2D eigenvalue weighted by atomic mass is 16.5. The van der Waals surface area contributed by atoms with E-state index in [1.54, 1.807) is 7.11 Å². The lowest BCUT2D eigenvalue weighted by molar-refractivity contribution is 0.145. The number of benzene rings is 1. The summed E-state index contributed by atoms with van der Waals surface area (Å²) in [6, 6.07) is 8.22. The third-order valence-corrected chi connectivity index (χ3v) is 3.68. The second kappa shape index (κ2) is 5.69. The predicted octanol–water partition coefficient (Wildman–Crippen LogP) is 2.02. The van der Waals surface area contributed by atoms with E-state index in [1.165, 1.54) is 12.8 Å². The van der Waals surface area contributed by atoms with Gasteiger partial charge in [0.05, 0.1) is 12.6 Å². The van der Waals surface area contributed by atoms with Crippen LogP contribution in [0, 0.1) is 5.41 Å². The summed E-state index contributed by atoms with van der Waals surface area (Å²) >= 11 is 0. The molecule has 0 spiro atoms. The van der Waals surface area contributed by atoms with Crippen LogP contribution in [-0.2, 0) is 4.74 Å². The van der Waals surface area contributed by atoms with Crippen molar-refractivity contribution in [3.05, 3.63) is 29.8 Å². The zero-order chi connectivity index (χ0) is 13.0. The van der Waals surface area contributed by atoms with Crippen LogP contribution in [0.4, 0.5) is 0 Å². The maximum atomic E-state index is 5.76. The van der Waals surface area contributed by atoms with Crippen LogP contribution >= 0.6 is 0 Å². The maximum absolute atomic E-state index is 5.76. The first-order valence-electron chi connectivity index (χ1n) is 6.38. The molecule has 0 aliphatic heterocycles. The Morgan fingerprint density at radius 2 is 2.06 bits per heavy atom. The van der Waals surface area contributed by atoms with Crippen molar-refractivity contribution in [2.24, 2.45) is 11.3 Å². The van der Waals surface area contributed by atoms with Crippen LogP contribution in [0.2, 0.25) is 0 Å². The molecule has 2 rings (SSSR count). The first-order chi connectivity index (χ1) is 8.71. The van der Waals surface area contributed by atoms with Gasteiger partial charge in [0.15, 0.2) is 0 Å². The highest BCUT2D eigenvalue weighted by Crippen LogP contribution is 2.55. The van der Waals surface area contributed by atoms with Crippen LogP contribution in [-0.4, -0.2) is 20.3 Å². The minimum absolute atomic E-state index is 0.149. The highest BCUT2D eigenvalue weighted by Gasteiger charge is 2.46. The molecule has 0 saturated heterocycles. The standard InChI is InChI=1S/C14H22N2O2/c1-14(7-8-14)13(16-15)11-5-3-4-6-12(11)18-10-9-17-2/h3-6,13,16H,7-10,15H2,1-2H3. The molecule has 1 saturated carbocycles. The fourth-order valence-electron chi connectivity index (χ4n) is 2.24. The van der Waals surface area contributed by atoms with Crippen molar-refractivity contribution in [3.63, 3.8) is 0 Å². The van der Waals surface area contributed by atoms with Crippen molar-refractivity contribution in [3.8, 4) is 5.75 Å². The number of hydrazine groups is 1. The second-order valence-corrected chi connectivity index (χ2v) is 5.13. The van der Waals surface area contributed by atoms with Gasteiger partial charge in [-0.25, -0.2) is 0 Å². The monoisotopic (exact) mass is 250 g/mol. The lowest BCUT2D eigenvalue weighted by Gasteiger charge is -2.25. The number of hydrogen-bond acceptors (Lipinski definition) is 4. The molecule has 0 radical (unpaired) electrons. The van der Waals surface area contributed by atoms with Gasteiger partial charge in [-0.05, 0) is 24.3 Å². The van der Waals surface area contributed by atoms with Gasteiger partial charge in [-0.2, -0.15) is 0 Å². The van der Waals surface area contributed by atoms with E-state index in [2.05, 4.69) is 18.4 Å². The van der Waals surface area contributed by atoms with E-state index in [1.807, 2.05) is 18.2 Å². The number of methoxy groups -OCH3 is 1. The molecule has 1 aliphatic carbocycles. The molecule has 4 heteroatoms. The lowest BCUT2D eigenvalue weighted by atomic mass is 9.92. The molecule has 1 fully saturated rings. The first kappa shape index (κ1) is 13.3. The normalized spacial score (nSPS) is 18.4. The molecule has 1 atom stereocenters. The highest BCUT2D eigenvalue weighted by molar-refractivity contribution is 5.38. The van der Waals surface area contributed by atoms with Gasteiger partial charge in [-0.1, -0.05) is 25.1 Å². The van der Waals surface area contributed by atoms with E-state index in [0.29, 0.717) is 13.2 Å². The van der Waals surface area contributed by atoms with Crippen LogP contribution < -0.4 is 16.0 Å². The van der Waals surface area contributed by atoms with E-state index in [-0.39, 0.29) is 11.5 Å². The number of nitrogens with two attached hydrogens (primary N) is 1. The minimum Gasteiger partial charge on any atom is -0.491 e. The van der Waals surface area contributed by atoms with Gasteiger partial charge < -0.3 is 9.47 Å². The molecular weight excluding hydrogens is 228 g/mol. The van der Waals surface area contributed by atoms with Gasteiger partial charge in [0.1, 0.15) is 12.4 Å². The van der Waals surface area contributed by atoms with E-state index >= 15 is 0 Å².